The van der Waals surface area contributed by atoms with Gasteiger partial charge in [-0.3, -0.25) is 4.79 Å². The number of amides is 1. The Bertz CT molecular complexity index is 624. The molecule has 1 aromatic carbocycles. The third-order valence-corrected chi connectivity index (χ3v) is 3.40. The predicted molar refractivity (Wildman–Crippen MR) is 92.5 cm³/mol. The van der Waals surface area contributed by atoms with E-state index in [4.69, 9.17) is 10.00 Å². The molecule has 0 heterocycles. The minimum atomic E-state index is -0.605. The van der Waals surface area contributed by atoms with Gasteiger partial charge in [0.15, 0.2) is 5.78 Å². The van der Waals surface area contributed by atoms with E-state index in [-0.39, 0.29) is 11.7 Å². The average molecular weight is 330 g/mol. The monoisotopic (exact) mass is 330 g/mol. The number of ether oxygens (including phenoxy) is 1. The van der Waals surface area contributed by atoms with E-state index in [0.717, 1.165) is 5.56 Å². The summed E-state index contributed by atoms with van der Waals surface area (Å²) in [6.07, 6.45) is 0.252. The summed E-state index contributed by atoms with van der Waals surface area (Å²) in [5.74, 6) is -0.0753. The van der Waals surface area contributed by atoms with Crippen molar-refractivity contribution in [1.29, 1.82) is 5.26 Å². The molecular weight excluding hydrogens is 304 g/mol. The van der Waals surface area contributed by atoms with E-state index >= 15 is 0 Å². The normalized spacial score (nSPS) is 12.4. The van der Waals surface area contributed by atoms with Crippen LogP contribution in [0, 0.1) is 17.2 Å². The molecule has 0 aromatic heterocycles. The van der Waals surface area contributed by atoms with Crippen LogP contribution in [0.3, 0.4) is 0 Å². The van der Waals surface area contributed by atoms with Gasteiger partial charge in [-0.1, -0.05) is 26.0 Å². The number of hydrogen-bond acceptors (Lipinski definition) is 4. The summed E-state index contributed by atoms with van der Waals surface area (Å²) in [7, 11) is 0. The highest BCUT2D eigenvalue weighted by Gasteiger charge is 2.26. The molecule has 130 valence electrons. The molecule has 5 heteroatoms. The van der Waals surface area contributed by atoms with Gasteiger partial charge in [0.1, 0.15) is 5.60 Å². The summed E-state index contributed by atoms with van der Waals surface area (Å²) < 4.78 is 5.22. The number of carbonyl (C=O) groups excluding carboxylic acids is 2. The number of aryl methyl sites for hydroxylation is 1. The first-order chi connectivity index (χ1) is 11.1. The molecule has 1 atom stereocenters. The van der Waals surface area contributed by atoms with Crippen LogP contribution in [0.1, 0.15) is 52.2 Å². The molecule has 1 rings (SSSR count). The quantitative estimate of drug-likeness (QED) is 0.864. The summed E-state index contributed by atoms with van der Waals surface area (Å²) in [6, 6.07) is 8.70. The lowest BCUT2D eigenvalue weighted by Crippen LogP contribution is -2.46. The van der Waals surface area contributed by atoms with E-state index in [0.29, 0.717) is 18.4 Å². The molecule has 5 nitrogen and oxygen atoms in total. The summed E-state index contributed by atoms with van der Waals surface area (Å²) in [4.78, 5) is 24.4. The number of nitriles is 1. The number of nitrogens with zero attached hydrogens (tertiary/aromatic N) is 1. The van der Waals surface area contributed by atoms with E-state index in [2.05, 4.69) is 11.4 Å². The zero-order valence-corrected chi connectivity index (χ0v) is 15.1. The number of ketones is 1. The van der Waals surface area contributed by atoms with Crippen molar-refractivity contribution in [3.63, 3.8) is 0 Å². The van der Waals surface area contributed by atoms with Gasteiger partial charge in [0, 0.05) is 6.42 Å². The lowest BCUT2D eigenvalue weighted by Gasteiger charge is -2.25. The van der Waals surface area contributed by atoms with Crippen molar-refractivity contribution in [3.05, 3.63) is 35.4 Å². The molecule has 1 unspecified atom stereocenters. The van der Waals surface area contributed by atoms with Crippen molar-refractivity contribution in [2.75, 3.05) is 0 Å². The van der Waals surface area contributed by atoms with Gasteiger partial charge in [0.2, 0.25) is 0 Å². The molecule has 0 fully saturated rings. The van der Waals surface area contributed by atoms with Crippen LogP contribution in [0.15, 0.2) is 24.3 Å². The molecule has 0 spiro atoms. The number of rotatable bonds is 6. The lowest BCUT2D eigenvalue weighted by molar-refractivity contribution is -0.122. The van der Waals surface area contributed by atoms with Gasteiger partial charge < -0.3 is 10.1 Å². The smallest absolute Gasteiger partial charge is 0.408 e. The molecule has 0 aliphatic heterocycles. The third-order valence-electron chi connectivity index (χ3n) is 3.40. The van der Waals surface area contributed by atoms with Crippen LogP contribution in [0.4, 0.5) is 4.79 Å². The van der Waals surface area contributed by atoms with Gasteiger partial charge >= 0.3 is 6.09 Å². The van der Waals surface area contributed by atoms with Crippen LogP contribution >= 0.6 is 0 Å². The van der Waals surface area contributed by atoms with Gasteiger partial charge in [-0.05, 0) is 50.8 Å². The fraction of sp³-hybridized carbons (Fsp3) is 0.526. The SMILES string of the molecule is CC(C)C(NC(=O)OC(C)(C)C)C(=O)CCc1cccc(C#N)c1. The second-order valence-corrected chi connectivity index (χ2v) is 7.15. The Morgan fingerprint density at radius 2 is 1.96 bits per heavy atom. The van der Waals surface area contributed by atoms with Crippen LogP contribution in [0.2, 0.25) is 0 Å². The van der Waals surface area contributed by atoms with Crippen LogP contribution in [-0.4, -0.2) is 23.5 Å². The largest absolute Gasteiger partial charge is 0.444 e. The van der Waals surface area contributed by atoms with Gasteiger partial charge in [-0.25, -0.2) is 4.79 Å². The van der Waals surface area contributed by atoms with Gasteiger partial charge in [0.05, 0.1) is 17.7 Å². The maximum atomic E-state index is 12.5. The maximum Gasteiger partial charge on any atom is 0.408 e. The molecule has 1 N–H and O–H groups in total. The molecule has 1 amide bonds. The van der Waals surface area contributed by atoms with Gasteiger partial charge in [-0.2, -0.15) is 5.26 Å². The topological polar surface area (TPSA) is 79.2 Å². The number of nitrogens with one attached hydrogen (secondary N) is 1. The molecule has 0 bridgehead atoms. The first kappa shape index (κ1) is 19.7. The van der Waals surface area contributed by atoms with E-state index in [1.54, 1.807) is 39.0 Å². The molecule has 0 saturated heterocycles. The zero-order chi connectivity index (χ0) is 18.3. The van der Waals surface area contributed by atoms with Crippen molar-refractivity contribution in [2.24, 2.45) is 5.92 Å². The molecule has 0 aliphatic carbocycles. The minimum Gasteiger partial charge on any atom is -0.444 e. The Balaban J connectivity index is 2.66. The zero-order valence-electron chi connectivity index (χ0n) is 15.1. The van der Waals surface area contributed by atoms with Crippen molar-refractivity contribution >= 4 is 11.9 Å². The number of carbonyl (C=O) groups is 2. The van der Waals surface area contributed by atoms with Crippen LogP contribution in [0.5, 0.6) is 0 Å². The third kappa shape index (κ3) is 6.82. The average Bonchev–Trinajstić information content (AvgIpc) is 2.48. The highest BCUT2D eigenvalue weighted by molar-refractivity contribution is 5.87. The minimum absolute atomic E-state index is 0.0320. The standard InChI is InChI=1S/C19H26N2O3/c1-13(2)17(21-18(23)24-19(3,4)5)16(22)10-9-14-7-6-8-15(11-14)12-20/h6-8,11,13,17H,9-10H2,1-5H3,(H,21,23). The highest BCUT2D eigenvalue weighted by atomic mass is 16.6. The van der Waals surface area contributed by atoms with Crippen molar-refractivity contribution in [1.82, 2.24) is 5.32 Å². The number of benzene rings is 1. The first-order valence-corrected chi connectivity index (χ1v) is 8.13. The second kappa shape index (κ2) is 8.49. The van der Waals surface area contributed by atoms with Crippen molar-refractivity contribution in [3.8, 4) is 6.07 Å². The predicted octanol–water partition coefficient (Wildman–Crippen LogP) is 3.61. The Morgan fingerprint density at radius 1 is 1.29 bits per heavy atom. The number of hydrogen-bond donors (Lipinski definition) is 1. The highest BCUT2D eigenvalue weighted by Crippen LogP contribution is 2.13. The summed E-state index contributed by atoms with van der Waals surface area (Å²) in [5.41, 5.74) is 0.904. The Labute approximate surface area is 144 Å². The molecule has 0 saturated carbocycles. The van der Waals surface area contributed by atoms with Crippen molar-refractivity contribution in [2.45, 2.75) is 59.1 Å². The molecule has 0 radical (unpaired) electrons. The first-order valence-electron chi connectivity index (χ1n) is 8.13. The fourth-order valence-electron chi connectivity index (χ4n) is 2.27. The molecule has 0 aliphatic rings. The Morgan fingerprint density at radius 3 is 2.50 bits per heavy atom. The molecule has 24 heavy (non-hydrogen) atoms. The van der Waals surface area contributed by atoms with E-state index < -0.39 is 17.7 Å². The summed E-state index contributed by atoms with van der Waals surface area (Å²) in [6.45, 7) is 9.11. The van der Waals surface area contributed by atoms with Crippen LogP contribution < -0.4 is 5.32 Å². The van der Waals surface area contributed by atoms with Gasteiger partial charge in [0.25, 0.3) is 0 Å². The lowest BCUT2D eigenvalue weighted by atomic mass is 9.95. The van der Waals surface area contributed by atoms with Crippen LogP contribution in [0.25, 0.3) is 0 Å². The van der Waals surface area contributed by atoms with E-state index in [9.17, 15) is 9.59 Å². The second-order valence-electron chi connectivity index (χ2n) is 7.15. The fourth-order valence-corrected chi connectivity index (χ4v) is 2.27. The maximum absolute atomic E-state index is 12.5. The number of alkyl carbamates (subject to hydrolysis) is 1. The summed E-state index contributed by atoms with van der Waals surface area (Å²) in [5, 5.41) is 11.6. The van der Waals surface area contributed by atoms with E-state index in [1.165, 1.54) is 0 Å². The Hall–Kier alpha value is -2.35. The van der Waals surface area contributed by atoms with Gasteiger partial charge in [-0.15, -0.1) is 0 Å². The van der Waals surface area contributed by atoms with Crippen molar-refractivity contribution < 1.29 is 14.3 Å². The summed E-state index contributed by atoms with van der Waals surface area (Å²) >= 11 is 0. The Kier molecular flexibility index (Phi) is 6.97. The van der Waals surface area contributed by atoms with E-state index in [1.807, 2.05) is 19.9 Å². The molecule has 1 aromatic rings. The molecular formula is C19H26N2O3. The number of Topliss-reactive ketones (excluding diaryl/α,β-unsaturated/α-hetero) is 1. The van der Waals surface area contributed by atoms with Crippen LogP contribution in [-0.2, 0) is 16.0 Å².